The summed E-state index contributed by atoms with van der Waals surface area (Å²) in [6.45, 7) is 0.535. The van der Waals surface area contributed by atoms with Gasteiger partial charge in [0.2, 0.25) is 5.88 Å². The van der Waals surface area contributed by atoms with E-state index in [1.165, 1.54) is 30.1 Å². The predicted octanol–water partition coefficient (Wildman–Crippen LogP) is 5.46. The third-order valence-electron chi connectivity index (χ3n) is 5.62. The van der Waals surface area contributed by atoms with Crippen molar-refractivity contribution >= 4 is 29.4 Å². The van der Waals surface area contributed by atoms with Crippen LogP contribution in [0.15, 0.2) is 48.5 Å². The summed E-state index contributed by atoms with van der Waals surface area (Å²) < 4.78 is 45.5. The van der Waals surface area contributed by atoms with E-state index >= 15 is 0 Å². The first-order valence-electron chi connectivity index (χ1n) is 10.9. The highest BCUT2D eigenvalue weighted by atomic mass is 35.5. The van der Waals surface area contributed by atoms with Crippen LogP contribution in [0.25, 0.3) is 0 Å². The maximum Gasteiger partial charge on any atom is 0.416 e. The Morgan fingerprint density at radius 2 is 1.91 bits per heavy atom. The van der Waals surface area contributed by atoms with E-state index in [9.17, 15) is 22.8 Å². The molecular formula is C24H22ClF3N4O3. The number of rotatable bonds is 5. The van der Waals surface area contributed by atoms with Gasteiger partial charge in [-0.05, 0) is 48.7 Å². The monoisotopic (exact) mass is 506 g/mol. The van der Waals surface area contributed by atoms with Crippen molar-refractivity contribution in [3.05, 3.63) is 76.1 Å². The molecule has 0 saturated heterocycles. The zero-order valence-electron chi connectivity index (χ0n) is 18.7. The number of carbonyl (C=O) groups is 2. The molecule has 4 rings (SSSR count). The lowest BCUT2D eigenvalue weighted by molar-refractivity contribution is -0.137. The Kier molecular flexibility index (Phi) is 7.02. The van der Waals surface area contributed by atoms with E-state index in [1.54, 1.807) is 22.8 Å². The fraction of sp³-hybridized carbons (Fsp3) is 0.292. The van der Waals surface area contributed by atoms with E-state index in [1.807, 2.05) is 0 Å². The number of nitrogens with zero attached hydrogens (tertiary/aromatic N) is 3. The van der Waals surface area contributed by atoms with Crippen LogP contribution in [0.2, 0.25) is 5.02 Å². The van der Waals surface area contributed by atoms with Crippen LogP contribution in [0.4, 0.5) is 23.8 Å². The normalized spacial score (nSPS) is 13.2. The van der Waals surface area contributed by atoms with Crippen LogP contribution in [0.5, 0.6) is 5.88 Å². The van der Waals surface area contributed by atoms with Crippen LogP contribution < -0.4 is 15.0 Å². The number of halogens is 4. The number of hydrogen-bond donors (Lipinski definition) is 1. The number of anilines is 1. The third kappa shape index (κ3) is 5.59. The van der Waals surface area contributed by atoms with Crippen molar-refractivity contribution in [1.82, 2.24) is 14.9 Å². The van der Waals surface area contributed by atoms with E-state index in [2.05, 4.69) is 10.3 Å². The summed E-state index contributed by atoms with van der Waals surface area (Å²) in [7, 11) is 1.53. The highest BCUT2D eigenvalue weighted by Gasteiger charge is 2.30. The molecule has 0 fully saturated rings. The fourth-order valence-corrected chi connectivity index (χ4v) is 3.97. The van der Waals surface area contributed by atoms with Crippen molar-refractivity contribution in [3.63, 3.8) is 0 Å². The van der Waals surface area contributed by atoms with E-state index < -0.39 is 17.8 Å². The molecule has 1 N–H and O–H groups in total. The first kappa shape index (κ1) is 24.6. The maximum absolute atomic E-state index is 13.0. The smallest absolute Gasteiger partial charge is 0.389 e. The molecule has 0 atom stereocenters. The lowest BCUT2D eigenvalue weighted by atomic mass is 10.1. The molecule has 0 spiro atoms. The van der Waals surface area contributed by atoms with Crippen LogP contribution >= 0.6 is 11.6 Å². The van der Waals surface area contributed by atoms with Crippen molar-refractivity contribution in [1.29, 1.82) is 0 Å². The zero-order valence-corrected chi connectivity index (χ0v) is 19.5. The third-order valence-corrected chi connectivity index (χ3v) is 5.85. The van der Waals surface area contributed by atoms with E-state index in [0.29, 0.717) is 34.9 Å². The Morgan fingerprint density at radius 1 is 1.17 bits per heavy atom. The van der Waals surface area contributed by atoms with Crippen LogP contribution in [0.3, 0.4) is 0 Å². The second-order valence-corrected chi connectivity index (χ2v) is 8.51. The molecule has 0 unspecified atom stereocenters. The van der Waals surface area contributed by atoms with Crippen LogP contribution in [0, 0.1) is 0 Å². The van der Waals surface area contributed by atoms with Gasteiger partial charge in [0.25, 0.3) is 5.91 Å². The summed E-state index contributed by atoms with van der Waals surface area (Å²) in [5.41, 5.74) is 0.0502. The maximum atomic E-state index is 13.0. The van der Waals surface area contributed by atoms with Gasteiger partial charge in [-0.1, -0.05) is 29.8 Å². The van der Waals surface area contributed by atoms with Gasteiger partial charge in [-0.3, -0.25) is 14.3 Å². The Morgan fingerprint density at radius 3 is 2.60 bits per heavy atom. The minimum Gasteiger partial charge on any atom is -0.389 e. The number of carbonyl (C=O) groups excluding carboxylic acids is 2. The molecule has 1 aromatic heterocycles. The molecule has 0 saturated carbocycles. The number of amides is 2. The summed E-state index contributed by atoms with van der Waals surface area (Å²) in [5, 5.41) is 2.94. The second-order valence-electron chi connectivity index (χ2n) is 8.08. The second kappa shape index (κ2) is 9.99. The summed E-state index contributed by atoms with van der Waals surface area (Å²) in [6, 6.07) is 10.9. The number of aryl methyl sites for hydroxylation is 1. The molecule has 0 radical (unpaired) electrons. The van der Waals surface area contributed by atoms with Crippen molar-refractivity contribution in [2.24, 2.45) is 0 Å². The fourth-order valence-electron chi connectivity index (χ4n) is 3.78. The van der Waals surface area contributed by atoms with Crippen molar-refractivity contribution < 1.29 is 27.5 Å². The summed E-state index contributed by atoms with van der Waals surface area (Å²) >= 11 is 6.01. The Hall–Kier alpha value is -3.53. The molecule has 11 heteroatoms. The summed E-state index contributed by atoms with van der Waals surface area (Å²) in [4.78, 5) is 31.5. The first-order chi connectivity index (χ1) is 16.6. The molecule has 2 heterocycles. The van der Waals surface area contributed by atoms with E-state index in [4.69, 9.17) is 16.3 Å². The van der Waals surface area contributed by atoms with Gasteiger partial charge in [-0.25, -0.2) is 9.78 Å². The Balaban J connectivity index is 1.51. The molecule has 184 valence electrons. The molecule has 35 heavy (non-hydrogen) atoms. The average molecular weight is 507 g/mol. The van der Waals surface area contributed by atoms with Crippen molar-refractivity contribution in [3.8, 4) is 5.88 Å². The van der Waals surface area contributed by atoms with Crippen LogP contribution in [0.1, 0.15) is 40.2 Å². The highest BCUT2D eigenvalue weighted by molar-refractivity contribution is 6.31. The molecule has 0 aliphatic carbocycles. The molecule has 3 aromatic rings. The lowest BCUT2D eigenvalue weighted by Gasteiger charge is -2.18. The van der Waals surface area contributed by atoms with Crippen LogP contribution in [-0.2, 0) is 25.7 Å². The first-order valence-corrected chi connectivity index (χ1v) is 11.3. The number of nitrogens with one attached hydrogen (secondary N) is 1. The van der Waals surface area contributed by atoms with Gasteiger partial charge in [0, 0.05) is 37.1 Å². The molecular weight excluding hydrogens is 485 g/mol. The Bertz CT molecular complexity index is 1240. The molecule has 7 nitrogen and oxygen atoms in total. The molecule has 2 aromatic carbocycles. The zero-order chi connectivity index (χ0) is 25.2. The summed E-state index contributed by atoms with van der Waals surface area (Å²) in [5.74, 6) is 0.638. The van der Waals surface area contributed by atoms with E-state index in [-0.39, 0.29) is 24.1 Å². The number of imidazole rings is 1. The molecule has 1 aliphatic rings. The van der Waals surface area contributed by atoms with Crippen molar-refractivity contribution in [2.75, 3.05) is 11.9 Å². The predicted molar refractivity (Wildman–Crippen MR) is 124 cm³/mol. The van der Waals surface area contributed by atoms with Gasteiger partial charge in [-0.15, -0.1) is 0 Å². The molecule has 2 amide bonds. The summed E-state index contributed by atoms with van der Waals surface area (Å²) in [6.07, 6.45) is -2.80. The minimum atomic E-state index is -4.43. The number of benzene rings is 2. The average Bonchev–Trinajstić information content (AvgIpc) is 3.19. The highest BCUT2D eigenvalue weighted by Crippen LogP contribution is 2.33. The SMILES string of the molecule is CN(C(=O)c1cccc(Cl)c1)c1nc2n(c1OC(=O)NCc1ccc(C(F)(F)F)cc1)CCCC2. The van der Waals surface area contributed by atoms with Crippen molar-refractivity contribution in [2.45, 2.75) is 38.5 Å². The van der Waals surface area contributed by atoms with Gasteiger partial charge >= 0.3 is 12.3 Å². The quantitative estimate of drug-likeness (QED) is 0.499. The van der Waals surface area contributed by atoms with E-state index in [0.717, 1.165) is 25.0 Å². The van der Waals surface area contributed by atoms with Gasteiger partial charge < -0.3 is 10.1 Å². The molecule has 0 bridgehead atoms. The number of aromatic nitrogens is 2. The largest absolute Gasteiger partial charge is 0.416 e. The standard InChI is InChI=1S/C24H22ClF3N4O3/c1-31(21(33)16-5-4-6-18(25)13-16)20-22(32-12-3-2-7-19(32)30-20)35-23(34)29-14-15-8-10-17(11-9-15)24(26,27)28/h4-6,8-11,13H,2-3,7,12,14H2,1H3,(H,29,34). The van der Waals surface area contributed by atoms with Crippen LogP contribution in [-0.4, -0.2) is 28.6 Å². The number of hydrogen-bond acceptors (Lipinski definition) is 4. The number of alkyl halides is 3. The topological polar surface area (TPSA) is 76.5 Å². The van der Waals surface area contributed by atoms with Gasteiger partial charge in [-0.2, -0.15) is 13.2 Å². The Labute approximate surface area is 204 Å². The number of ether oxygens (including phenoxy) is 1. The van der Waals surface area contributed by atoms with Gasteiger partial charge in [0.15, 0.2) is 5.82 Å². The minimum absolute atomic E-state index is 0.0371. The van der Waals surface area contributed by atoms with Gasteiger partial charge in [0.05, 0.1) is 5.56 Å². The molecule has 1 aliphatic heterocycles. The van der Waals surface area contributed by atoms with Gasteiger partial charge in [0.1, 0.15) is 5.82 Å². The lowest BCUT2D eigenvalue weighted by Crippen LogP contribution is -2.30. The number of fused-ring (bicyclic) bond motifs is 1.